The summed E-state index contributed by atoms with van der Waals surface area (Å²) in [5, 5.41) is 3.26. The fraction of sp³-hybridized carbons (Fsp3) is 0.235. The molecule has 0 aromatic heterocycles. The van der Waals surface area contributed by atoms with Crippen molar-refractivity contribution in [2.45, 2.75) is 6.61 Å². The first-order chi connectivity index (χ1) is 10.4. The lowest BCUT2D eigenvalue weighted by Gasteiger charge is -2.12. The normalized spacial score (nSPS) is 13.5. The van der Waals surface area contributed by atoms with Crippen molar-refractivity contribution >= 4 is 5.84 Å². The average Bonchev–Trinajstić information content (AvgIpc) is 3.08. The molecular weight excluding hydrogens is 264 g/mol. The quantitative estimate of drug-likeness (QED) is 0.916. The molecule has 1 N–H and O–H groups in total. The minimum Gasteiger partial charge on any atom is -0.493 e. The number of ether oxygens (including phenoxy) is 2. The fourth-order valence-corrected chi connectivity index (χ4v) is 2.26. The number of hydrogen-bond donors (Lipinski definition) is 1. The van der Waals surface area contributed by atoms with Gasteiger partial charge in [0.15, 0.2) is 11.5 Å². The molecule has 2 aromatic rings. The van der Waals surface area contributed by atoms with E-state index in [0.717, 1.165) is 41.6 Å². The van der Waals surface area contributed by atoms with Crippen molar-refractivity contribution in [2.24, 2.45) is 4.99 Å². The molecule has 0 saturated carbocycles. The molecule has 0 fully saturated rings. The van der Waals surface area contributed by atoms with Gasteiger partial charge < -0.3 is 14.8 Å². The van der Waals surface area contributed by atoms with Crippen molar-refractivity contribution < 1.29 is 9.47 Å². The zero-order valence-corrected chi connectivity index (χ0v) is 12.0. The molecule has 21 heavy (non-hydrogen) atoms. The predicted octanol–water partition coefficient (Wildman–Crippen LogP) is 2.62. The second-order valence-electron chi connectivity index (χ2n) is 4.80. The molecule has 0 bridgehead atoms. The molecule has 4 heteroatoms. The lowest BCUT2D eigenvalue weighted by Crippen LogP contribution is -2.19. The van der Waals surface area contributed by atoms with Crippen LogP contribution in [0, 0.1) is 0 Å². The number of aliphatic imine (C=N–C) groups is 1. The number of methoxy groups -OCH3 is 1. The summed E-state index contributed by atoms with van der Waals surface area (Å²) in [5.74, 6) is 2.38. The second-order valence-corrected chi connectivity index (χ2v) is 4.80. The first-order valence-corrected chi connectivity index (χ1v) is 7.00. The molecule has 1 aliphatic heterocycles. The third-order valence-electron chi connectivity index (χ3n) is 3.35. The van der Waals surface area contributed by atoms with Gasteiger partial charge in [0, 0.05) is 12.1 Å². The number of nitrogens with one attached hydrogen (secondary N) is 1. The van der Waals surface area contributed by atoms with Gasteiger partial charge in [-0.1, -0.05) is 30.3 Å². The molecule has 0 spiro atoms. The van der Waals surface area contributed by atoms with Crippen molar-refractivity contribution in [1.82, 2.24) is 5.32 Å². The minimum absolute atomic E-state index is 0.524. The van der Waals surface area contributed by atoms with E-state index in [9.17, 15) is 0 Å². The maximum Gasteiger partial charge on any atom is 0.161 e. The van der Waals surface area contributed by atoms with E-state index in [0.29, 0.717) is 6.61 Å². The molecule has 4 nitrogen and oxygen atoms in total. The van der Waals surface area contributed by atoms with Gasteiger partial charge in [0.1, 0.15) is 12.4 Å². The summed E-state index contributed by atoms with van der Waals surface area (Å²) in [6.07, 6.45) is 0. The van der Waals surface area contributed by atoms with Gasteiger partial charge in [0.25, 0.3) is 0 Å². The van der Waals surface area contributed by atoms with Crippen LogP contribution in [0.5, 0.6) is 11.5 Å². The van der Waals surface area contributed by atoms with Gasteiger partial charge in [-0.15, -0.1) is 0 Å². The molecule has 0 atom stereocenters. The first kappa shape index (κ1) is 13.5. The van der Waals surface area contributed by atoms with Crippen LogP contribution in [-0.2, 0) is 6.61 Å². The molecule has 2 aromatic carbocycles. The van der Waals surface area contributed by atoms with Gasteiger partial charge >= 0.3 is 0 Å². The van der Waals surface area contributed by atoms with Crippen LogP contribution in [0.25, 0.3) is 0 Å². The van der Waals surface area contributed by atoms with E-state index in [1.54, 1.807) is 7.11 Å². The number of hydrogen-bond acceptors (Lipinski definition) is 4. The Balaban J connectivity index is 1.76. The van der Waals surface area contributed by atoms with Crippen LogP contribution < -0.4 is 14.8 Å². The standard InChI is InChI=1S/C17H18N2O2/c1-20-16-11-14(17-18-9-10-19-17)7-8-15(16)21-12-13-5-3-2-4-6-13/h2-8,11H,9-10,12H2,1H3,(H,18,19). The summed E-state index contributed by atoms with van der Waals surface area (Å²) in [5.41, 5.74) is 2.15. The minimum atomic E-state index is 0.524. The third-order valence-corrected chi connectivity index (χ3v) is 3.35. The zero-order valence-electron chi connectivity index (χ0n) is 12.0. The Labute approximate surface area is 124 Å². The van der Waals surface area contributed by atoms with Gasteiger partial charge in [-0.3, -0.25) is 4.99 Å². The highest BCUT2D eigenvalue weighted by molar-refractivity contribution is 6.00. The van der Waals surface area contributed by atoms with E-state index in [4.69, 9.17) is 9.47 Å². The van der Waals surface area contributed by atoms with E-state index >= 15 is 0 Å². The van der Waals surface area contributed by atoms with Gasteiger partial charge in [0.2, 0.25) is 0 Å². The Bertz CT molecular complexity index is 638. The van der Waals surface area contributed by atoms with E-state index in [2.05, 4.69) is 10.3 Å². The summed E-state index contributed by atoms with van der Waals surface area (Å²) in [7, 11) is 1.65. The van der Waals surface area contributed by atoms with Gasteiger partial charge in [-0.2, -0.15) is 0 Å². The summed E-state index contributed by atoms with van der Waals surface area (Å²) in [6, 6.07) is 16.0. The van der Waals surface area contributed by atoms with Crippen LogP contribution >= 0.6 is 0 Å². The van der Waals surface area contributed by atoms with Crippen molar-refractivity contribution in [3.05, 3.63) is 59.7 Å². The Kier molecular flexibility index (Phi) is 4.05. The molecular formula is C17H18N2O2. The molecule has 1 aliphatic rings. The highest BCUT2D eigenvalue weighted by Gasteiger charge is 2.12. The Hall–Kier alpha value is -2.49. The fourth-order valence-electron chi connectivity index (χ4n) is 2.26. The summed E-state index contributed by atoms with van der Waals surface area (Å²) in [6.45, 7) is 2.24. The molecule has 0 amide bonds. The molecule has 3 rings (SSSR count). The predicted molar refractivity (Wildman–Crippen MR) is 83.2 cm³/mol. The lowest BCUT2D eigenvalue weighted by molar-refractivity contribution is 0.284. The molecule has 0 radical (unpaired) electrons. The maximum absolute atomic E-state index is 5.85. The topological polar surface area (TPSA) is 42.8 Å². The number of amidine groups is 1. The van der Waals surface area contributed by atoms with Crippen LogP contribution in [0.1, 0.15) is 11.1 Å². The second kappa shape index (κ2) is 6.31. The van der Waals surface area contributed by atoms with E-state index < -0.39 is 0 Å². The largest absolute Gasteiger partial charge is 0.493 e. The highest BCUT2D eigenvalue weighted by Crippen LogP contribution is 2.29. The van der Waals surface area contributed by atoms with Crippen molar-refractivity contribution in [2.75, 3.05) is 20.2 Å². The molecule has 0 aliphatic carbocycles. The monoisotopic (exact) mass is 282 g/mol. The van der Waals surface area contributed by atoms with Crippen molar-refractivity contribution in [1.29, 1.82) is 0 Å². The third kappa shape index (κ3) is 3.16. The van der Waals surface area contributed by atoms with Crippen LogP contribution in [0.15, 0.2) is 53.5 Å². The Morgan fingerprint density at radius 2 is 1.95 bits per heavy atom. The first-order valence-electron chi connectivity index (χ1n) is 7.00. The SMILES string of the molecule is COc1cc(C2=NCCN2)ccc1OCc1ccccc1. The van der Waals surface area contributed by atoms with E-state index in [-0.39, 0.29) is 0 Å². The molecule has 108 valence electrons. The lowest BCUT2D eigenvalue weighted by atomic mass is 10.2. The highest BCUT2D eigenvalue weighted by atomic mass is 16.5. The van der Waals surface area contributed by atoms with Crippen molar-refractivity contribution in [3.63, 3.8) is 0 Å². The maximum atomic E-state index is 5.85. The van der Waals surface area contributed by atoms with Gasteiger partial charge in [-0.05, 0) is 23.8 Å². The number of rotatable bonds is 5. The summed E-state index contributed by atoms with van der Waals surface area (Å²) < 4.78 is 11.3. The van der Waals surface area contributed by atoms with Crippen molar-refractivity contribution in [3.8, 4) is 11.5 Å². The summed E-state index contributed by atoms with van der Waals surface area (Å²) >= 11 is 0. The Morgan fingerprint density at radius 3 is 2.67 bits per heavy atom. The van der Waals surface area contributed by atoms with Crippen LogP contribution in [-0.4, -0.2) is 26.0 Å². The van der Waals surface area contributed by atoms with E-state index in [1.807, 2.05) is 48.5 Å². The van der Waals surface area contributed by atoms with Crippen LogP contribution in [0.4, 0.5) is 0 Å². The summed E-state index contributed by atoms with van der Waals surface area (Å²) in [4.78, 5) is 4.41. The zero-order chi connectivity index (χ0) is 14.5. The number of nitrogens with zero attached hydrogens (tertiary/aromatic N) is 1. The van der Waals surface area contributed by atoms with Crippen LogP contribution in [0.3, 0.4) is 0 Å². The Morgan fingerprint density at radius 1 is 1.10 bits per heavy atom. The smallest absolute Gasteiger partial charge is 0.161 e. The average molecular weight is 282 g/mol. The molecule has 0 saturated heterocycles. The molecule has 0 unspecified atom stereocenters. The molecule has 1 heterocycles. The van der Waals surface area contributed by atoms with E-state index in [1.165, 1.54) is 0 Å². The number of benzene rings is 2. The van der Waals surface area contributed by atoms with Gasteiger partial charge in [0.05, 0.1) is 13.7 Å². The van der Waals surface area contributed by atoms with Gasteiger partial charge in [-0.25, -0.2) is 0 Å². The van der Waals surface area contributed by atoms with Crippen LogP contribution in [0.2, 0.25) is 0 Å².